The van der Waals surface area contributed by atoms with Crippen LogP contribution < -0.4 is 4.90 Å². The summed E-state index contributed by atoms with van der Waals surface area (Å²) in [5.74, 6) is 0. The molecule has 1 heterocycles. The van der Waals surface area contributed by atoms with Crippen LogP contribution in [0.1, 0.15) is 43.0 Å². The van der Waals surface area contributed by atoms with Gasteiger partial charge in [0.15, 0.2) is 0 Å². The largest absolute Gasteiger partial charge is 0.347 e. The van der Waals surface area contributed by atoms with Gasteiger partial charge in [-0.3, -0.25) is 0 Å². The lowest BCUT2D eigenvalue weighted by atomic mass is 9.75. The zero-order valence-corrected chi connectivity index (χ0v) is 22.8. The standard InChI is InChI=1S/C36H37N/c1-26-14-7-10-18-31(26)35(3,4)27(2)15-13-21-34-36(5,32-19-11-12-20-33(32)37(34)6)25-28-22-23-29-16-8-9-17-30(29)24-28/h7-24H,2,25H2,1,3-6H3/b15-13+,34-21+. The molecule has 1 unspecified atom stereocenters. The fourth-order valence-corrected chi connectivity index (χ4v) is 6.02. The molecule has 4 aromatic rings. The Morgan fingerprint density at radius 3 is 2.35 bits per heavy atom. The Labute approximate surface area is 222 Å². The Kier molecular flexibility index (Phi) is 6.42. The van der Waals surface area contributed by atoms with E-state index in [1.165, 1.54) is 44.4 Å². The number of anilines is 1. The molecule has 186 valence electrons. The lowest BCUT2D eigenvalue weighted by Crippen LogP contribution is -2.28. The lowest BCUT2D eigenvalue weighted by molar-refractivity contribution is 0.568. The van der Waals surface area contributed by atoms with Crippen molar-refractivity contribution in [2.45, 2.75) is 44.9 Å². The molecule has 1 heteroatoms. The van der Waals surface area contributed by atoms with E-state index in [4.69, 9.17) is 0 Å². The molecule has 0 amide bonds. The first-order valence-electron chi connectivity index (χ1n) is 13.2. The predicted octanol–water partition coefficient (Wildman–Crippen LogP) is 9.07. The third-order valence-electron chi connectivity index (χ3n) is 8.33. The topological polar surface area (TPSA) is 3.24 Å². The number of para-hydroxylation sites is 1. The molecule has 0 saturated heterocycles. The van der Waals surface area contributed by atoms with Crippen molar-refractivity contribution < 1.29 is 0 Å². The average molecular weight is 484 g/mol. The minimum Gasteiger partial charge on any atom is -0.347 e. The van der Waals surface area contributed by atoms with Gasteiger partial charge in [-0.1, -0.05) is 118 Å². The Morgan fingerprint density at radius 2 is 1.57 bits per heavy atom. The number of fused-ring (bicyclic) bond motifs is 2. The van der Waals surface area contributed by atoms with Crippen molar-refractivity contribution in [2.75, 3.05) is 11.9 Å². The van der Waals surface area contributed by atoms with Gasteiger partial charge in [0, 0.05) is 29.3 Å². The number of nitrogens with zero attached hydrogens (tertiary/aromatic N) is 1. The Morgan fingerprint density at radius 1 is 0.892 bits per heavy atom. The molecule has 1 atom stereocenters. The van der Waals surface area contributed by atoms with Crippen LogP contribution in [-0.2, 0) is 17.3 Å². The molecule has 0 fully saturated rings. The normalized spacial score (nSPS) is 18.6. The molecule has 0 bridgehead atoms. The van der Waals surface area contributed by atoms with Gasteiger partial charge in [0.1, 0.15) is 0 Å². The van der Waals surface area contributed by atoms with E-state index in [0.717, 1.165) is 12.0 Å². The first-order chi connectivity index (χ1) is 17.7. The fourth-order valence-electron chi connectivity index (χ4n) is 6.02. The van der Waals surface area contributed by atoms with Gasteiger partial charge < -0.3 is 4.90 Å². The first kappa shape index (κ1) is 24.8. The average Bonchev–Trinajstić information content (AvgIpc) is 3.10. The van der Waals surface area contributed by atoms with E-state index in [-0.39, 0.29) is 10.8 Å². The number of rotatable bonds is 6. The smallest absolute Gasteiger partial charge is 0.0448 e. The number of hydrogen-bond acceptors (Lipinski definition) is 1. The first-order valence-corrected chi connectivity index (χ1v) is 13.2. The van der Waals surface area contributed by atoms with Crippen LogP contribution in [0.25, 0.3) is 10.8 Å². The van der Waals surface area contributed by atoms with Gasteiger partial charge in [0.25, 0.3) is 0 Å². The molecule has 4 aromatic carbocycles. The van der Waals surface area contributed by atoms with Gasteiger partial charge >= 0.3 is 0 Å². The molecule has 0 radical (unpaired) electrons. The molecule has 0 aliphatic carbocycles. The Bertz CT molecular complexity index is 1530. The van der Waals surface area contributed by atoms with E-state index in [0.29, 0.717) is 0 Å². The lowest BCUT2D eigenvalue weighted by Gasteiger charge is -2.29. The minimum absolute atomic E-state index is 0.134. The Hall–Kier alpha value is -3.84. The maximum atomic E-state index is 4.47. The molecule has 1 aliphatic heterocycles. The van der Waals surface area contributed by atoms with Crippen LogP contribution in [0.3, 0.4) is 0 Å². The molecule has 0 N–H and O–H groups in total. The minimum atomic E-state index is -0.140. The van der Waals surface area contributed by atoms with Crippen molar-refractivity contribution in [1.82, 2.24) is 0 Å². The van der Waals surface area contributed by atoms with Gasteiger partial charge in [0.2, 0.25) is 0 Å². The van der Waals surface area contributed by atoms with Crippen molar-refractivity contribution in [1.29, 1.82) is 0 Å². The molecule has 1 aliphatic rings. The summed E-state index contributed by atoms with van der Waals surface area (Å²) < 4.78 is 0. The van der Waals surface area contributed by atoms with Crippen molar-refractivity contribution in [3.8, 4) is 0 Å². The fraction of sp³-hybridized carbons (Fsp3) is 0.222. The second kappa shape index (κ2) is 9.56. The monoisotopic (exact) mass is 483 g/mol. The molecule has 1 nitrogen and oxygen atoms in total. The molecule has 5 rings (SSSR count). The maximum Gasteiger partial charge on any atom is 0.0448 e. The third-order valence-corrected chi connectivity index (χ3v) is 8.33. The van der Waals surface area contributed by atoms with E-state index in [2.05, 4.69) is 155 Å². The van der Waals surface area contributed by atoms with Gasteiger partial charge in [-0.25, -0.2) is 0 Å². The summed E-state index contributed by atoms with van der Waals surface area (Å²) in [6, 6.07) is 32.9. The molecular formula is C36H37N. The predicted molar refractivity (Wildman–Crippen MR) is 160 cm³/mol. The van der Waals surface area contributed by atoms with Crippen LogP contribution in [-0.4, -0.2) is 7.05 Å². The SMILES string of the molecule is C=C(/C=C/C=C1/N(C)c2ccccc2C1(C)Cc1ccc2ccccc2c1)C(C)(C)c1ccccc1C. The summed E-state index contributed by atoms with van der Waals surface area (Å²) in [6.45, 7) is 13.6. The summed E-state index contributed by atoms with van der Waals surface area (Å²) in [6.07, 6.45) is 7.61. The number of likely N-dealkylation sites (N-methyl/N-ethyl adjacent to an activating group) is 1. The van der Waals surface area contributed by atoms with E-state index in [9.17, 15) is 0 Å². The van der Waals surface area contributed by atoms with Crippen LogP contribution in [0.4, 0.5) is 5.69 Å². The zero-order chi connectivity index (χ0) is 26.2. The summed E-state index contributed by atoms with van der Waals surface area (Å²) in [7, 11) is 2.19. The van der Waals surface area contributed by atoms with Crippen LogP contribution in [0.5, 0.6) is 0 Å². The van der Waals surface area contributed by atoms with Crippen molar-refractivity contribution in [2.24, 2.45) is 0 Å². The van der Waals surface area contributed by atoms with Gasteiger partial charge in [-0.05, 0) is 71.0 Å². The molecule has 37 heavy (non-hydrogen) atoms. The highest BCUT2D eigenvalue weighted by atomic mass is 15.2. The third kappa shape index (κ3) is 4.44. The van der Waals surface area contributed by atoms with Crippen molar-refractivity contribution in [3.63, 3.8) is 0 Å². The summed E-state index contributed by atoms with van der Waals surface area (Å²) >= 11 is 0. The van der Waals surface area contributed by atoms with Crippen LogP contribution >= 0.6 is 0 Å². The number of allylic oxidation sites excluding steroid dienone is 5. The van der Waals surface area contributed by atoms with Crippen LogP contribution in [0, 0.1) is 6.92 Å². The molecule has 0 spiro atoms. The van der Waals surface area contributed by atoms with Crippen LogP contribution in [0.15, 0.2) is 127 Å². The van der Waals surface area contributed by atoms with Crippen molar-refractivity contribution in [3.05, 3.63) is 149 Å². The Balaban J connectivity index is 1.50. The van der Waals surface area contributed by atoms with Gasteiger partial charge in [-0.2, -0.15) is 0 Å². The maximum absolute atomic E-state index is 4.47. The highest BCUT2D eigenvalue weighted by Gasteiger charge is 2.41. The van der Waals surface area contributed by atoms with Gasteiger partial charge in [0.05, 0.1) is 0 Å². The van der Waals surface area contributed by atoms with Crippen LogP contribution in [0.2, 0.25) is 0 Å². The highest BCUT2D eigenvalue weighted by Crippen LogP contribution is 2.49. The van der Waals surface area contributed by atoms with E-state index < -0.39 is 0 Å². The van der Waals surface area contributed by atoms with Crippen molar-refractivity contribution >= 4 is 16.5 Å². The molecule has 0 aromatic heterocycles. The number of hydrogen-bond donors (Lipinski definition) is 0. The van der Waals surface area contributed by atoms with E-state index in [1.807, 2.05) is 0 Å². The summed E-state index contributed by atoms with van der Waals surface area (Å²) in [5.41, 5.74) is 8.77. The quantitative estimate of drug-likeness (QED) is 0.247. The molecule has 0 saturated carbocycles. The second-order valence-corrected chi connectivity index (χ2v) is 11.1. The summed E-state index contributed by atoms with van der Waals surface area (Å²) in [4.78, 5) is 2.36. The zero-order valence-electron chi connectivity index (χ0n) is 22.8. The molecular weight excluding hydrogens is 446 g/mol. The summed E-state index contributed by atoms with van der Waals surface area (Å²) in [5, 5.41) is 2.58. The van der Waals surface area contributed by atoms with Gasteiger partial charge in [-0.15, -0.1) is 0 Å². The van der Waals surface area contributed by atoms with E-state index >= 15 is 0 Å². The number of aryl methyl sites for hydroxylation is 1. The van der Waals surface area contributed by atoms with E-state index in [1.54, 1.807) is 0 Å². The highest BCUT2D eigenvalue weighted by molar-refractivity contribution is 5.83. The second-order valence-electron chi connectivity index (χ2n) is 11.1. The number of benzene rings is 4.